The molecule has 5 heteroatoms. The summed E-state index contributed by atoms with van der Waals surface area (Å²) in [6.45, 7) is 4.47. The van der Waals surface area contributed by atoms with Crippen LogP contribution in [0.5, 0.6) is 0 Å². The number of aromatic nitrogens is 4. The Hall–Kier alpha value is -2.33. The molecule has 1 atom stereocenters. The highest BCUT2D eigenvalue weighted by molar-refractivity contribution is 6.31. The average Bonchev–Trinajstić information content (AvgIpc) is 3.18. The zero-order valence-corrected chi connectivity index (χ0v) is 14.5. The van der Waals surface area contributed by atoms with Crippen molar-refractivity contribution in [3.63, 3.8) is 0 Å². The number of pyridine rings is 1. The predicted octanol–water partition coefficient (Wildman–Crippen LogP) is 5.20. The molecule has 24 heavy (non-hydrogen) atoms. The zero-order valence-electron chi connectivity index (χ0n) is 13.7. The van der Waals surface area contributed by atoms with Crippen molar-refractivity contribution in [2.75, 3.05) is 0 Å². The molecule has 1 aromatic carbocycles. The first-order valence-electron chi connectivity index (χ1n) is 8.17. The summed E-state index contributed by atoms with van der Waals surface area (Å²) in [4.78, 5) is 4.59. The molecule has 4 aromatic rings. The number of H-pyrrole nitrogens is 1. The van der Waals surface area contributed by atoms with Gasteiger partial charge in [0, 0.05) is 33.8 Å². The van der Waals surface area contributed by atoms with E-state index in [1.54, 1.807) is 0 Å². The first-order chi connectivity index (χ1) is 11.6. The van der Waals surface area contributed by atoms with Gasteiger partial charge < -0.3 is 4.57 Å². The van der Waals surface area contributed by atoms with E-state index in [9.17, 15) is 0 Å². The highest BCUT2D eigenvalue weighted by atomic mass is 35.5. The summed E-state index contributed by atoms with van der Waals surface area (Å²) in [5.41, 5.74) is 3.20. The predicted molar refractivity (Wildman–Crippen MR) is 98.4 cm³/mol. The number of nitrogens with zero attached hydrogens (tertiary/aromatic N) is 3. The standard InChI is InChI=1S/C19H19ClN4/c1-12(2)8-17(24-7-5-13-4-3-6-21-19(13)24)16-10-15(20)9-14-11-22-23-18(14)16/h3-7,9-12,17H,8H2,1-2H3,(H,22,23). The second kappa shape index (κ2) is 5.95. The van der Waals surface area contributed by atoms with Crippen molar-refractivity contribution in [2.45, 2.75) is 26.3 Å². The van der Waals surface area contributed by atoms with Crippen LogP contribution >= 0.6 is 11.6 Å². The molecule has 0 saturated heterocycles. The number of aromatic amines is 1. The summed E-state index contributed by atoms with van der Waals surface area (Å²) in [6, 6.07) is 10.3. The first-order valence-corrected chi connectivity index (χ1v) is 8.55. The van der Waals surface area contributed by atoms with Gasteiger partial charge in [0.15, 0.2) is 0 Å². The molecule has 0 fully saturated rings. The molecule has 0 amide bonds. The Kier molecular flexibility index (Phi) is 3.77. The van der Waals surface area contributed by atoms with Crippen LogP contribution in [-0.4, -0.2) is 19.7 Å². The molecule has 0 spiro atoms. The van der Waals surface area contributed by atoms with Crippen LogP contribution in [0.3, 0.4) is 0 Å². The quantitative estimate of drug-likeness (QED) is 0.555. The van der Waals surface area contributed by atoms with Crippen LogP contribution in [0.15, 0.2) is 48.9 Å². The normalized spacial score (nSPS) is 13.2. The van der Waals surface area contributed by atoms with Crippen LogP contribution in [0.1, 0.15) is 31.9 Å². The number of rotatable bonds is 4. The molecule has 1 unspecified atom stereocenters. The smallest absolute Gasteiger partial charge is 0.140 e. The van der Waals surface area contributed by atoms with Gasteiger partial charge in [0.2, 0.25) is 0 Å². The van der Waals surface area contributed by atoms with E-state index < -0.39 is 0 Å². The Morgan fingerprint density at radius 1 is 1.21 bits per heavy atom. The van der Waals surface area contributed by atoms with Gasteiger partial charge in [0.1, 0.15) is 5.65 Å². The fourth-order valence-corrected chi connectivity index (χ4v) is 3.62. The Labute approximate surface area is 145 Å². The van der Waals surface area contributed by atoms with E-state index in [-0.39, 0.29) is 6.04 Å². The lowest BCUT2D eigenvalue weighted by atomic mass is 9.95. The lowest BCUT2D eigenvalue weighted by Crippen LogP contribution is -2.13. The molecule has 3 aromatic heterocycles. The SMILES string of the molecule is CC(C)CC(c1cc(Cl)cc2cn[nH]c12)n1ccc2cccnc21. The highest BCUT2D eigenvalue weighted by Crippen LogP contribution is 2.34. The number of halogens is 1. The van der Waals surface area contributed by atoms with Crippen molar-refractivity contribution in [1.82, 2.24) is 19.7 Å². The van der Waals surface area contributed by atoms with Crippen LogP contribution in [0, 0.1) is 5.92 Å². The van der Waals surface area contributed by atoms with Crippen molar-refractivity contribution in [3.8, 4) is 0 Å². The maximum absolute atomic E-state index is 6.37. The van der Waals surface area contributed by atoms with Crippen molar-refractivity contribution >= 4 is 33.5 Å². The summed E-state index contributed by atoms with van der Waals surface area (Å²) in [6.07, 6.45) is 6.78. The van der Waals surface area contributed by atoms with E-state index in [0.29, 0.717) is 5.92 Å². The van der Waals surface area contributed by atoms with Crippen molar-refractivity contribution in [1.29, 1.82) is 0 Å². The Balaban J connectivity index is 1.95. The van der Waals surface area contributed by atoms with Gasteiger partial charge in [-0.15, -0.1) is 0 Å². The fraction of sp³-hybridized carbons (Fsp3) is 0.263. The molecule has 0 radical (unpaired) electrons. The molecule has 0 saturated carbocycles. The first kappa shape index (κ1) is 15.2. The average molecular weight is 339 g/mol. The van der Waals surface area contributed by atoms with Crippen LogP contribution in [-0.2, 0) is 0 Å². The maximum atomic E-state index is 6.37. The van der Waals surface area contributed by atoms with E-state index in [4.69, 9.17) is 11.6 Å². The van der Waals surface area contributed by atoms with Gasteiger partial charge in [-0.25, -0.2) is 4.98 Å². The summed E-state index contributed by atoms with van der Waals surface area (Å²) >= 11 is 6.37. The van der Waals surface area contributed by atoms with Crippen molar-refractivity contribution < 1.29 is 0 Å². The topological polar surface area (TPSA) is 46.5 Å². The van der Waals surface area contributed by atoms with Gasteiger partial charge in [0.05, 0.1) is 17.8 Å². The minimum atomic E-state index is 0.152. The van der Waals surface area contributed by atoms with E-state index in [2.05, 4.69) is 51.9 Å². The van der Waals surface area contributed by atoms with Crippen LogP contribution in [0.2, 0.25) is 5.02 Å². The number of nitrogens with one attached hydrogen (secondary N) is 1. The molecule has 3 heterocycles. The van der Waals surface area contributed by atoms with Crippen molar-refractivity contribution in [2.24, 2.45) is 5.92 Å². The van der Waals surface area contributed by atoms with Crippen LogP contribution in [0.4, 0.5) is 0 Å². The fourth-order valence-electron chi connectivity index (χ4n) is 3.38. The molecule has 4 nitrogen and oxygen atoms in total. The molecule has 0 bridgehead atoms. The van der Waals surface area contributed by atoms with Gasteiger partial charge in [-0.2, -0.15) is 5.10 Å². The van der Waals surface area contributed by atoms with Gasteiger partial charge >= 0.3 is 0 Å². The minimum Gasteiger partial charge on any atom is -0.325 e. The van der Waals surface area contributed by atoms with E-state index in [1.165, 1.54) is 0 Å². The second-order valence-electron chi connectivity index (χ2n) is 6.61. The lowest BCUT2D eigenvalue weighted by molar-refractivity contribution is 0.461. The van der Waals surface area contributed by atoms with E-state index >= 15 is 0 Å². The van der Waals surface area contributed by atoms with Crippen molar-refractivity contribution in [3.05, 3.63) is 59.5 Å². The van der Waals surface area contributed by atoms with E-state index in [1.807, 2.05) is 30.6 Å². The highest BCUT2D eigenvalue weighted by Gasteiger charge is 2.21. The Morgan fingerprint density at radius 3 is 2.92 bits per heavy atom. The molecular weight excluding hydrogens is 320 g/mol. The van der Waals surface area contributed by atoms with Gasteiger partial charge in [-0.1, -0.05) is 25.4 Å². The molecule has 122 valence electrons. The minimum absolute atomic E-state index is 0.152. The molecule has 1 N–H and O–H groups in total. The molecule has 0 aliphatic carbocycles. The molecule has 0 aliphatic heterocycles. The third-order valence-corrected chi connectivity index (χ3v) is 4.63. The third-order valence-electron chi connectivity index (χ3n) is 4.41. The Morgan fingerprint density at radius 2 is 2.08 bits per heavy atom. The third kappa shape index (κ3) is 2.57. The number of benzene rings is 1. The largest absolute Gasteiger partial charge is 0.325 e. The maximum Gasteiger partial charge on any atom is 0.140 e. The molecule has 4 rings (SSSR count). The zero-order chi connectivity index (χ0) is 16.7. The molecular formula is C19H19ClN4. The van der Waals surface area contributed by atoms with Gasteiger partial charge in [0.25, 0.3) is 0 Å². The van der Waals surface area contributed by atoms with Crippen LogP contribution < -0.4 is 0 Å². The summed E-state index contributed by atoms with van der Waals surface area (Å²) in [5.74, 6) is 0.535. The second-order valence-corrected chi connectivity index (χ2v) is 7.05. The van der Waals surface area contributed by atoms with Gasteiger partial charge in [-0.3, -0.25) is 5.10 Å². The van der Waals surface area contributed by atoms with Crippen LogP contribution in [0.25, 0.3) is 21.9 Å². The summed E-state index contributed by atoms with van der Waals surface area (Å²) in [5, 5.41) is 10.3. The van der Waals surface area contributed by atoms with Gasteiger partial charge in [-0.05, 0) is 42.7 Å². The number of hydrogen-bond acceptors (Lipinski definition) is 2. The number of hydrogen-bond donors (Lipinski definition) is 1. The molecule has 0 aliphatic rings. The Bertz CT molecular complexity index is 999. The summed E-state index contributed by atoms with van der Waals surface area (Å²) < 4.78 is 2.25. The lowest BCUT2D eigenvalue weighted by Gasteiger charge is -2.23. The summed E-state index contributed by atoms with van der Waals surface area (Å²) in [7, 11) is 0. The van der Waals surface area contributed by atoms with E-state index in [0.717, 1.165) is 38.9 Å². The monoisotopic (exact) mass is 338 g/mol. The number of fused-ring (bicyclic) bond motifs is 2.